The average Bonchev–Trinajstić information content (AvgIpc) is 2.71. The van der Waals surface area contributed by atoms with Crippen LogP contribution in [-0.2, 0) is 0 Å². The van der Waals surface area contributed by atoms with Gasteiger partial charge >= 0.3 is 0 Å². The molecule has 1 aromatic heterocycles. The Balaban J connectivity index is 1.60. The second-order valence-electron chi connectivity index (χ2n) is 7.63. The first kappa shape index (κ1) is 21.1. The number of pyridine rings is 1. The van der Waals surface area contributed by atoms with E-state index in [0.29, 0.717) is 11.8 Å². The van der Waals surface area contributed by atoms with Gasteiger partial charge in [0.25, 0.3) is 16.8 Å². The van der Waals surface area contributed by atoms with Gasteiger partial charge in [0.15, 0.2) is 0 Å². The number of rotatable bonds is 8. The summed E-state index contributed by atoms with van der Waals surface area (Å²) in [6, 6.07) is 5.99. The summed E-state index contributed by atoms with van der Waals surface area (Å²) in [6.45, 7) is 4.08. The lowest BCUT2D eigenvalue weighted by atomic mass is 9.93. The quantitative estimate of drug-likeness (QED) is 0.490. The van der Waals surface area contributed by atoms with E-state index in [1.54, 1.807) is 18.3 Å². The Morgan fingerprint density at radius 3 is 2.33 bits per heavy atom. The van der Waals surface area contributed by atoms with Crippen LogP contribution in [0.2, 0.25) is 0 Å². The number of amides is 1. The zero-order valence-electron chi connectivity index (χ0n) is 16.4. The molecule has 0 fully saturated rings. The van der Waals surface area contributed by atoms with Gasteiger partial charge in [0.1, 0.15) is 23.0 Å². The van der Waals surface area contributed by atoms with Crippen molar-refractivity contribution in [1.29, 1.82) is 0 Å². The number of aromatic nitrogens is 1. The second kappa shape index (κ2) is 8.40. The summed E-state index contributed by atoms with van der Waals surface area (Å²) in [5, 5.41) is 8.44. The summed E-state index contributed by atoms with van der Waals surface area (Å²) in [5.74, 6) is -2.29. The van der Waals surface area contributed by atoms with E-state index < -0.39 is 33.8 Å². The maximum atomic E-state index is 13.3. The fraction of sp³-hybridized carbons (Fsp3) is 0.238. The molecule has 1 amide bonds. The number of nitrogens with zero attached hydrogens (tertiary/aromatic N) is 1. The van der Waals surface area contributed by atoms with Crippen molar-refractivity contribution in [3.05, 3.63) is 80.4 Å². The standard InChI is InChI=1S/C21H20F2N4O3/c1-21(2,11-26-20(30)12-6-13(22)8-14(23)7-12)10-25-16-17(19(29)18(16)28)27-15-4-3-5-24-9-15/h3-9,25,27H,10-11H2,1-2H3,(H,26,30). The van der Waals surface area contributed by atoms with E-state index in [-0.39, 0.29) is 30.0 Å². The molecular formula is C21H20F2N4O3. The molecule has 0 bridgehead atoms. The van der Waals surface area contributed by atoms with Crippen molar-refractivity contribution < 1.29 is 13.6 Å². The Labute approximate surface area is 170 Å². The number of halogens is 2. The van der Waals surface area contributed by atoms with Gasteiger partial charge in [0.05, 0.1) is 11.9 Å². The summed E-state index contributed by atoms with van der Waals surface area (Å²) < 4.78 is 26.5. The van der Waals surface area contributed by atoms with E-state index in [1.807, 2.05) is 13.8 Å². The number of anilines is 3. The molecule has 3 aromatic rings. The van der Waals surface area contributed by atoms with Crippen molar-refractivity contribution in [2.45, 2.75) is 13.8 Å². The third-order valence-electron chi connectivity index (χ3n) is 4.44. The van der Waals surface area contributed by atoms with Gasteiger partial charge in [-0.15, -0.1) is 0 Å². The lowest BCUT2D eigenvalue weighted by molar-refractivity contribution is 0.0937. The number of hydrogen-bond acceptors (Lipinski definition) is 6. The van der Waals surface area contributed by atoms with Gasteiger partial charge in [-0.25, -0.2) is 8.78 Å². The predicted octanol–water partition coefficient (Wildman–Crippen LogP) is 2.57. The summed E-state index contributed by atoms with van der Waals surface area (Å²) in [5.41, 5.74) is -1.02. The molecule has 0 saturated heterocycles. The van der Waals surface area contributed by atoms with E-state index in [4.69, 9.17) is 0 Å². The van der Waals surface area contributed by atoms with Crippen molar-refractivity contribution in [3.63, 3.8) is 0 Å². The van der Waals surface area contributed by atoms with E-state index in [0.717, 1.165) is 12.1 Å². The summed E-state index contributed by atoms with van der Waals surface area (Å²) >= 11 is 0. The van der Waals surface area contributed by atoms with Crippen LogP contribution in [0, 0.1) is 17.0 Å². The molecule has 0 aliphatic rings. The van der Waals surface area contributed by atoms with Crippen LogP contribution in [0.25, 0.3) is 0 Å². The summed E-state index contributed by atoms with van der Waals surface area (Å²) in [4.78, 5) is 39.9. The van der Waals surface area contributed by atoms with Gasteiger partial charge < -0.3 is 16.0 Å². The molecule has 0 atom stereocenters. The van der Waals surface area contributed by atoms with E-state index in [1.165, 1.54) is 6.20 Å². The Bertz CT molecular complexity index is 1120. The molecule has 0 aliphatic heterocycles. The first-order valence-electron chi connectivity index (χ1n) is 9.15. The van der Waals surface area contributed by atoms with E-state index in [2.05, 4.69) is 20.9 Å². The fourth-order valence-corrected chi connectivity index (χ4v) is 2.76. The monoisotopic (exact) mass is 414 g/mol. The lowest BCUT2D eigenvalue weighted by Gasteiger charge is -2.27. The SMILES string of the molecule is CC(C)(CNC(=O)c1cc(F)cc(F)c1)CNc1c(Nc2cccnc2)c(=O)c1=O. The van der Waals surface area contributed by atoms with Crippen LogP contribution in [0.4, 0.5) is 25.8 Å². The average molecular weight is 414 g/mol. The van der Waals surface area contributed by atoms with Crippen LogP contribution in [0.3, 0.4) is 0 Å². The predicted molar refractivity (Wildman–Crippen MR) is 110 cm³/mol. The highest BCUT2D eigenvalue weighted by atomic mass is 19.1. The minimum Gasteiger partial charge on any atom is -0.379 e. The number of carbonyl (C=O) groups excluding carboxylic acids is 1. The second-order valence-corrected chi connectivity index (χ2v) is 7.63. The Morgan fingerprint density at radius 2 is 1.70 bits per heavy atom. The molecule has 0 aliphatic carbocycles. The molecule has 0 radical (unpaired) electrons. The lowest BCUT2D eigenvalue weighted by Crippen LogP contribution is -2.42. The Morgan fingerprint density at radius 1 is 1.03 bits per heavy atom. The number of nitrogens with one attached hydrogen (secondary N) is 3. The minimum absolute atomic E-state index is 0.123. The zero-order chi connectivity index (χ0) is 21.9. The van der Waals surface area contributed by atoms with Crippen LogP contribution in [0.5, 0.6) is 0 Å². The first-order chi connectivity index (χ1) is 14.2. The third-order valence-corrected chi connectivity index (χ3v) is 4.44. The molecule has 3 rings (SSSR count). The van der Waals surface area contributed by atoms with Crippen LogP contribution in [-0.4, -0.2) is 24.0 Å². The third kappa shape index (κ3) is 4.86. The maximum absolute atomic E-state index is 13.3. The van der Waals surface area contributed by atoms with Gasteiger partial charge in [0.2, 0.25) is 0 Å². The highest BCUT2D eigenvalue weighted by molar-refractivity contribution is 5.94. The molecular weight excluding hydrogens is 394 g/mol. The van der Waals surface area contributed by atoms with Crippen LogP contribution in [0.15, 0.2) is 52.3 Å². The van der Waals surface area contributed by atoms with E-state index in [9.17, 15) is 23.2 Å². The van der Waals surface area contributed by atoms with Gasteiger partial charge in [-0.05, 0) is 29.7 Å². The van der Waals surface area contributed by atoms with Crippen molar-refractivity contribution in [2.75, 3.05) is 23.7 Å². The Hall–Kier alpha value is -3.62. The Kier molecular flexibility index (Phi) is 5.91. The number of benzene rings is 1. The van der Waals surface area contributed by atoms with E-state index >= 15 is 0 Å². The number of hydrogen-bond donors (Lipinski definition) is 3. The molecule has 7 nitrogen and oxygen atoms in total. The minimum atomic E-state index is -0.838. The molecule has 156 valence electrons. The normalized spacial score (nSPS) is 11.3. The summed E-state index contributed by atoms with van der Waals surface area (Å²) in [6.07, 6.45) is 3.11. The van der Waals surface area contributed by atoms with Gasteiger partial charge in [-0.1, -0.05) is 13.8 Å². The highest BCUT2D eigenvalue weighted by Crippen LogP contribution is 2.22. The van der Waals surface area contributed by atoms with Crippen molar-refractivity contribution in [3.8, 4) is 0 Å². The molecule has 0 unspecified atom stereocenters. The molecule has 0 saturated carbocycles. The smallest absolute Gasteiger partial charge is 0.253 e. The molecule has 2 aromatic carbocycles. The van der Waals surface area contributed by atoms with Crippen molar-refractivity contribution >= 4 is 23.0 Å². The van der Waals surface area contributed by atoms with Gasteiger partial charge in [-0.2, -0.15) is 0 Å². The molecule has 0 spiro atoms. The summed E-state index contributed by atoms with van der Waals surface area (Å²) in [7, 11) is 0. The van der Waals surface area contributed by atoms with Crippen LogP contribution in [0.1, 0.15) is 24.2 Å². The maximum Gasteiger partial charge on any atom is 0.253 e. The number of carbonyl (C=O) groups is 1. The first-order valence-corrected chi connectivity index (χ1v) is 9.15. The topological polar surface area (TPSA) is 100 Å². The molecule has 3 N–H and O–H groups in total. The highest BCUT2D eigenvalue weighted by Gasteiger charge is 2.25. The van der Waals surface area contributed by atoms with Crippen LogP contribution >= 0.6 is 0 Å². The molecule has 9 heteroatoms. The zero-order valence-corrected chi connectivity index (χ0v) is 16.4. The van der Waals surface area contributed by atoms with Gasteiger partial charge in [-0.3, -0.25) is 19.4 Å². The van der Waals surface area contributed by atoms with Crippen molar-refractivity contribution in [2.24, 2.45) is 5.41 Å². The van der Waals surface area contributed by atoms with Crippen molar-refractivity contribution in [1.82, 2.24) is 10.3 Å². The van der Waals surface area contributed by atoms with Crippen LogP contribution < -0.4 is 26.8 Å². The molecule has 30 heavy (non-hydrogen) atoms. The fourth-order valence-electron chi connectivity index (χ4n) is 2.76. The molecule has 1 heterocycles. The largest absolute Gasteiger partial charge is 0.379 e. The van der Waals surface area contributed by atoms with Gasteiger partial charge in [0, 0.05) is 30.9 Å².